The Hall–Kier alpha value is -1.52. The van der Waals surface area contributed by atoms with Crippen molar-refractivity contribution in [3.63, 3.8) is 0 Å². The Morgan fingerprint density at radius 3 is 2.29 bits per heavy atom. The van der Waals surface area contributed by atoms with Gasteiger partial charge in [0.05, 0.1) is 26.8 Å². The van der Waals surface area contributed by atoms with Gasteiger partial charge in [-0.2, -0.15) is 0 Å². The van der Waals surface area contributed by atoms with Crippen LogP contribution in [0.4, 0.5) is 5.13 Å². The molecule has 1 amide bonds. The van der Waals surface area contributed by atoms with Crippen molar-refractivity contribution in [2.24, 2.45) is 0 Å². The van der Waals surface area contributed by atoms with E-state index in [1.165, 1.54) is 11.3 Å². The minimum Gasteiger partial charge on any atom is -0.302 e. The first kappa shape index (κ1) is 28.7. The highest BCUT2D eigenvalue weighted by Gasteiger charge is 2.22. The first-order valence-corrected chi connectivity index (χ1v) is 14.2. The number of hydrogen-bond acceptors (Lipinski definition) is 6. The molecule has 0 fully saturated rings. The summed E-state index contributed by atoms with van der Waals surface area (Å²) in [7, 11) is -3.34. The van der Waals surface area contributed by atoms with E-state index in [2.05, 4.69) is 34.7 Å². The van der Waals surface area contributed by atoms with E-state index in [0.29, 0.717) is 11.7 Å². The van der Waals surface area contributed by atoms with Gasteiger partial charge in [-0.05, 0) is 62.8 Å². The first-order chi connectivity index (χ1) is 15.6. The Balaban J connectivity index is 0.00000408. The number of halogens is 2. The van der Waals surface area contributed by atoms with Gasteiger partial charge in [0, 0.05) is 17.6 Å². The zero-order chi connectivity index (χ0) is 24.2. The Labute approximate surface area is 220 Å². The second-order valence-electron chi connectivity index (χ2n) is 8.10. The molecular weight excluding hydrogens is 558 g/mol. The van der Waals surface area contributed by atoms with Crippen LogP contribution in [0.5, 0.6) is 0 Å². The van der Waals surface area contributed by atoms with Gasteiger partial charge in [0.25, 0.3) is 0 Å². The Morgan fingerprint density at radius 2 is 1.71 bits per heavy atom. The molecule has 0 radical (unpaired) electrons. The summed E-state index contributed by atoms with van der Waals surface area (Å²) < 4.78 is 26.8. The van der Waals surface area contributed by atoms with E-state index in [-0.39, 0.29) is 29.6 Å². The Bertz CT molecular complexity index is 1210. The second kappa shape index (κ2) is 12.4. The predicted octanol–water partition coefficient (Wildman–Crippen LogP) is 5.58. The number of carbonyl (C=O) groups excluding carboxylic acids is 1. The lowest BCUT2D eigenvalue weighted by molar-refractivity contribution is -0.118. The van der Waals surface area contributed by atoms with Gasteiger partial charge in [-0.1, -0.05) is 53.2 Å². The number of fused-ring (bicyclic) bond motifs is 1. The minimum absolute atomic E-state index is 0. The van der Waals surface area contributed by atoms with Gasteiger partial charge in [0.1, 0.15) is 0 Å². The van der Waals surface area contributed by atoms with Crippen molar-refractivity contribution < 1.29 is 13.2 Å². The van der Waals surface area contributed by atoms with Crippen LogP contribution in [0.2, 0.25) is 0 Å². The van der Waals surface area contributed by atoms with Crippen molar-refractivity contribution in [2.45, 2.75) is 44.3 Å². The van der Waals surface area contributed by atoms with Crippen LogP contribution in [0.25, 0.3) is 10.2 Å². The molecule has 0 unspecified atom stereocenters. The van der Waals surface area contributed by atoms with E-state index < -0.39 is 15.1 Å². The molecule has 0 aliphatic heterocycles. The van der Waals surface area contributed by atoms with Gasteiger partial charge >= 0.3 is 0 Å². The van der Waals surface area contributed by atoms with Crippen molar-refractivity contribution >= 4 is 70.8 Å². The predicted molar refractivity (Wildman–Crippen MR) is 147 cm³/mol. The number of aromatic nitrogens is 1. The number of sulfone groups is 1. The summed E-state index contributed by atoms with van der Waals surface area (Å²) in [4.78, 5) is 22.4. The summed E-state index contributed by atoms with van der Waals surface area (Å²) in [6, 6.07) is 12.5. The van der Waals surface area contributed by atoms with Crippen LogP contribution >= 0.6 is 39.7 Å². The van der Waals surface area contributed by atoms with Crippen LogP contribution in [0.1, 0.15) is 33.3 Å². The van der Waals surface area contributed by atoms with Gasteiger partial charge in [0.2, 0.25) is 5.91 Å². The van der Waals surface area contributed by atoms with E-state index in [1.807, 2.05) is 18.2 Å². The van der Waals surface area contributed by atoms with Gasteiger partial charge in [-0.25, -0.2) is 13.4 Å². The van der Waals surface area contributed by atoms with E-state index in [4.69, 9.17) is 4.98 Å². The van der Waals surface area contributed by atoms with Crippen molar-refractivity contribution in [1.82, 2.24) is 9.88 Å². The average Bonchev–Trinajstić information content (AvgIpc) is 3.19. The maximum Gasteiger partial charge on any atom is 0.233 e. The van der Waals surface area contributed by atoms with Crippen LogP contribution in [-0.2, 0) is 21.1 Å². The number of likely N-dealkylation sites (N-methyl/N-ethyl adjacent to an activating group) is 1. The maximum atomic E-state index is 13.4. The molecule has 3 rings (SSSR count). The summed E-state index contributed by atoms with van der Waals surface area (Å²) in [6.45, 7) is 10.7. The number of nitrogens with zero attached hydrogens (tertiary/aromatic N) is 3. The van der Waals surface area contributed by atoms with Gasteiger partial charge < -0.3 is 4.90 Å². The lowest BCUT2D eigenvalue weighted by Gasteiger charge is -2.24. The molecule has 2 aromatic carbocycles. The Morgan fingerprint density at radius 1 is 1.06 bits per heavy atom. The molecule has 0 atom stereocenters. The third kappa shape index (κ3) is 6.79. The highest BCUT2D eigenvalue weighted by Crippen LogP contribution is 2.31. The van der Waals surface area contributed by atoms with E-state index in [9.17, 15) is 13.2 Å². The number of hydrogen-bond donors (Lipinski definition) is 0. The largest absolute Gasteiger partial charge is 0.302 e. The van der Waals surface area contributed by atoms with Crippen molar-refractivity contribution in [1.29, 1.82) is 0 Å². The summed E-state index contributed by atoms with van der Waals surface area (Å²) in [5, 5.41) is 0.193. The van der Waals surface area contributed by atoms with E-state index in [0.717, 1.165) is 39.9 Å². The fourth-order valence-electron chi connectivity index (χ4n) is 3.45. The van der Waals surface area contributed by atoms with Crippen LogP contribution in [0.3, 0.4) is 0 Å². The lowest BCUT2D eigenvalue weighted by atomic mass is 10.1. The van der Waals surface area contributed by atoms with Crippen LogP contribution in [-0.4, -0.2) is 55.6 Å². The molecule has 0 saturated heterocycles. The van der Waals surface area contributed by atoms with Gasteiger partial charge in [-0.15, -0.1) is 12.4 Å². The minimum atomic E-state index is -3.34. The van der Waals surface area contributed by atoms with E-state index in [1.54, 1.807) is 43.0 Å². The molecule has 0 saturated carbocycles. The molecule has 1 heterocycles. The molecular formula is C24H31BrClN3O3S2. The summed E-state index contributed by atoms with van der Waals surface area (Å²) in [6.07, 6.45) is 0.180. The third-order valence-corrected chi connectivity index (χ3v) is 9.34. The normalized spacial score (nSPS) is 11.7. The molecule has 186 valence electrons. The average molecular weight is 589 g/mol. The number of carbonyl (C=O) groups is 1. The van der Waals surface area contributed by atoms with Crippen molar-refractivity contribution in [3.05, 3.63) is 52.5 Å². The van der Waals surface area contributed by atoms with Crippen LogP contribution in [0, 0.1) is 0 Å². The monoisotopic (exact) mass is 587 g/mol. The fourth-order valence-corrected chi connectivity index (χ4v) is 6.07. The quantitative estimate of drug-likeness (QED) is 0.309. The SMILES string of the molecule is CCN(CC)CCN(C(=O)Cc1ccc(S(=O)(=O)C(C)C)cc1)c1nc2ccc(Br)cc2s1.Cl. The number of rotatable bonds is 10. The molecule has 0 N–H and O–H groups in total. The summed E-state index contributed by atoms with van der Waals surface area (Å²) in [5.74, 6) is -0.0558. The number of amides is 1. The van der Waals surface area contributed by atoms with Crippen LogP contribution < -0.4 is 4.90 Å². The standard InChI is InChI=1S/C24H30BrN3O3S2.ClH/c1-5-27(6-2)13-14-28(24-26-21-12-9-19(25)16-22(21)32-24)23(29)15-18-7-10-20(11-8-18)33(30,31)17(3)4;/h7-12,16-17H,5-6,13-15H2,1-4H3;1H. The van der Waals surface area contributed by atoms with Crippen LogP contribution in [0.15, 0.2) is 51.8 Å². The lowest BCUT2D eigenvalue weighted by Crippen LogP contribution is -2.39. The maximum absolute atomic E-state index is 13.4. The molecule has 0 bridgehead atoms. The van der Waals surface area contributed by atoms with Crippen molar-refractivity contribution in [3.8, 4) is 0 Å². The smallest absolute Gasteiger partial charge is 0.233 e. The first-order valence-electron chi connectivity index (χ1n) is 11.1. The third-order valence-electron chi connectivity index (χ3n) is 5.63. The second-order valence-corrected chi connectivity index (χ2v) is 12.5. The topological polar surface area (TPSA) is 70.6 Å². The molecule has 0 aliphatic carbocycles. The van der Waals surface area contributed by atoms with Gasteiger partial charge in [0.15, 0.2) is 15.0 Å². The number of benzene rings is 2. The fraction of sp³-hybridized carbons (Fsp3) is 0.417. The molecule has 3 aromatic rings. The summed E-state index contributed by atoms with van der Waals surface area (Å²) >= 11 is 5.00. The number of thiazole rings is 1. The van der Waals surface area contributed by atoms with Crippen molar-refractivity contribution in [2.75, 3.05) is 31.1 Å². The Kier molecular flexibility index (Phi) is 10.5. The number of anilines is 1. The zero-order valence-electron chi connectivity index (χ0n) is 19.8. The molecule has 0 spiro atoms. The van der Waals surface area contributed by atoms with Gasteiger partial charge in [-0.3, -0.25) is 9.69 Å². The molecule has 6 nitrogen and oxygen atoms in total. The highest BCUT2D eigenvalue weighted by molar-refractivity contribution is 9.10. The molecule has 10 heteroatoms. The molecule has 34 heavy (non-hydrogen) atoms. The molecule has 1 aromatic heterocycles. The highest BCUT2D eigenvalue weighted by atomic mass is 79.9. The molecule has 0 aliphatic rings. The van der Waals surface area contributed by atoms with E-state index >= 15 is 0 Å². The zero-order valence-corrected chi connectivity index (χ0v) is 23.9. The summed E-state index contributed by atoms with van der Waals surface area (Å²) in [5.41, 5.74) is 1.64.